The van der Waals surface area contributed by atoms with E-state index in [0.717, 1.165) is 6.07 Å². The molecule has 0 aliphatic rings. The number of aromatic nitrogens is 2. The Balaban J connectivity index is 1.95. The molecule has 2 aromatic carbocycles. The molecule has 0 radical (unpaired) electrons. The van der Waals surface area contributed by atoms with Crippen molar-refractivity contribution in [1.29, 1.82) is 0 Å². The summed E-state index contributed by atoms with van der Waals surface area (Å²) in [5.74, 6) is -0.524. The average molecular weight is 506 g/mol. The molecule has 27 heavy (non-hydrogen) atoms. The number of nitrogens with one attached hydrogen (secondary N) is 1. The third-order valence-electron chi connectivity index (χ3n) is 3.73. The van der Waals surface area contributed by atoms with E-state index in [1.54, 1.807) is 19.1 Å². The first-order valence-electron chi connectivity index (χ1n) is 7.64. The van der Waals surface area contributed by atoms with Gasteiger partial charge in [-0.3, -0.25) is 4.79 Å². The summed E-state index contributed by atoms with van der Waals surface area (Å²) in [5.41, 5.74) is -0.00656. The van der Waals surface area contributed by atoms with Crippen LogP contribution in [0.2, 0.25) is 5.02 Å². The number of rotatable bonds is 3. The van der Waals surface area contributed by atoms with Gasteiger partial charge in [-0.2, -0.15) is 13.2 Å². The predicted molar refractivity (Wildman–Crippen MR) is 105 cm³/mol. The zero-order valence-electron chi connectivity index (χ0n) is 13.8. The van der Waals surface area contributed by atoms with E-state index in [1.807, 2.05) is 22.6 Å². The summed E-state index contributed by atoms with van der Waals surface area (Å²) < 4.78 is 42.5. The Labute approximate surface area is 171 Å². The van der Waals surface area contributed by atoms with Crippen LogP contribution >= 0.6 is 34.2 Å². The lowest BCUT2D eigenvalue weighted by Gasteiger charge is -2.15. The highest BCUT2D eigenvalue weighted by molar-refractivity contribution is 14.1. The fraction of sp³-hybridized carbons (Fsp3) is 0.111. The fourth-order valence-electron chi connectivity index (χ4n) is 2.46. The maximum atomic E-state index is 13.5. The lowest BCUT2D eigenvalue weighted by molar-refractivity contribution is -0.137. The van der Waals surface area contributed by atoms with Crippen LogP contribution in [0.1, 0.15) is 21.6 Å². The summed E-state index contributed by atoms with van der Waals surface area (Å²) in [6, 6.07) is 8.25. The van der Waals surface area contributed by atoms with Crippen molar-refractivity contribution in [3.8, 4) is 5.69 Å². The number of carbonyl (C=O) groups excluding carboxylic acids is 1. The van der Waals surface area contributed by atoms with Crippen LogP contribution < -0.4 is 5.32 Å². The van der Waals surface area contributed by atoms with Gasteiger partial charge < -0.3 is 9.88 Å². The predicted octanol–water partition coefficient (Wildman–Crippen LogP) is 5.71. The summed E-state index contributed by atoms with van der Waals surface area (Å²) in [4.78, 5) is 16.3. The molecule has 1 aromatic heterocycles. The number of carbonyl (C=O) groups is 1. The topological polar surface area (TPSA) is 46.9 Å². The number of hydrogen-bond donors (Lipinski definition) is 1. The Morgan fingerprint density at radius 1 is 1.22 bits per heavy atom. The molecule has 9 heteroatoms. The minimum Gasteiger partial charge on any atom is -0.322 e. The minimum atomic E-state index is -4.59. The first kappa shape index (κ1) is 19.7. The minimum absolute atomic E-state index is 0.0397. The van der Waals surface area contributed by atoms with Gasteiger partial charge in [0.15, 0.2) is 0 Å². The third kappa shape index (κ3) is 4.44. The average Bonchev–Trinajstić information content (AvgIpc) is 3.02. The summed E-state index contributed by atoms with van der Waals surface area (Å²) in [7, 11) is 0. The van der Waals surface area contributed by atoms with Crippen LogP contribution in [0.25, 0.3) is 5.69 Å². The highest BCUT2D eigenvalue weighted by Gasteiger charge is 2.34. The molecule has 1 amide bonds. The Hall–Kier alpha value is -2.07. The van der Waals surface area contributed by atoms with Gasteiger partial charge >= 0.3 is 6.18 Å². The number of halogens is 5. The summed E-state index contributed by atoms with van der Waals surface area (Å²) >= 11 is 7.90. The SMILES string of the molecule is Cc1cn(-c2ccc(NC(=O)c3ccc(Cl)c(I)c3)cc2C(F)(F)F)cn1. The zero-order valence-corrected chi connectivity index (χ0v) is 16.7. The van der Waals surface area contributed by atoms with Gasteiger partial charge in [0.1, 0.15) is 0 Å². The van der Waals surface area contributed by atoms with Gasteiger partial charge in [-0.25, -0.2) is 4.98 Å². The van der Waals surface area contributed by atoms with Gasteiger partial charge in [-0.1, -0.05) is 11.6 Å². The molecule has 1 heterocycles. The van der Waals surface area contributed by atoms with Crippen molar-refractivity contribution in [2.24, 2.45) is 0 Å². The fourth-order valence-corrected chi connectivity index (χ4v) is 3.09. The highest BCUT2D eigenvalue weighted by atomic mass is 127. The van der Waals surface area contributed by atoms with Crippen LogP contribution in [0.15, 0.2) is 48.9 Å². The van der Waals surface area contributed by atoms with E-state index >= 15 is 0 Å². The van der Waals surface area contributed by atoms with E-state index in [4.69, 9.17) is 11.6 Å². The number of aryl methyl sites for hydroxylation is 1. The summed E-state index contributed by atoms with van der Waals surface area (Å²) in [6.45, 7) is 1.69. The summed E-state index contributed by atoms with van der Waals surface area (Å²) in [5, 5.41) is 2.98. The molecule has 0 bridgehead atoms. The van der Waals surface area contributed by atoms with E-state index < -0.39 is 17.6 Å². The van der Waals surface area contributed by atoms with E-state index in [0.29, 0.717) is 19.9 Å². The van der Waals surface area contributed by atoms with Gasteiger partial charge in [0.05, 0.1) is 28.3 Å². The van der Waals surface area contributed by atoms with Crippen LogP contribution in [0.3, 0.4) is 0 Å². The molecule has 3 aromatic rings. The molecule has 0 aliphatic heterocycles. The Morgan fingerprint density at radius 3 is 2.56 bits per heavy atom. The molecule has 0 spiro atoms. The molecule has 4 nitrogen and oxygen atoms in total. The number of alkyl halides is 3. The van der Waals surface area contributed by atoms with Crippen molar-refractivity contribution >= 4 is 45.8 Å². The molecule has 0 atom stereocenters. The largest absolute Gasteiger partial charge is 0.418 e. The van der Waals surface area contributed by atoms with Crippen molar-refractivity contribution in [3.05, 3.63) is 74.3 Å². The highest BCUT2D eigenvalue weighted by Crippen LogP contribution is 2.36. The normalized spacial score (nSPS) is 11.5. The number of anilines is 1. The zero-order chi connectivity index (χ0) is 19.8. The number of amides is 1. The number of imidazole rings is 1. The second-order valence-corrected chi connectivity index (χ2v) is 7.30. The number of hydrogen-bond acceptors (Lipinski definition) is 2. The molecule has 140 valence electrons. The molecule has 3 rings (SSSR count). The van der Waals surface area contributed by atoms with Crippen molar-refractivity contribution in [1.82, 2.24) is 9.55 Å². The lowest BCUT2D eigenvalue weighted by atomic mass is 10.1. The van der Waals surface area contributed by atoms with Crippen molar-refractivity contribution in [2.45, 2.75) is 13.1 Å². The Kier molecular flexibility index (Phi) is 5.48. The van der Waals surface area contributed by atoms with E-state index in [9.17, 15) is 18.0 Å². The lowest BCUT2D eigenvalue weighted by Crippen LogP contribution is -2.15. The van der Waals surface area contributed by atoms with Gasteiger partial charge in [0.25, 0.3) is 5.91 Å². The van der Waals surface area contributed by atoms with Gasteiger partial charge in [-0.15, -0.1) is 0 Å². The molecule has 1 N–H and O–H groups in total. The van der Waals surface area contributed by atoms with Crippen LogP contribution in [0, 0.1) is 10.5 Å². The van der Waals surface area contributed by atoms with Crippen molar-refractivity contribution in [3.63, 3.8) is 0 Å². The number of benzene rings is 2. The maximum absolute atomic E-state index is 13.5. The van der Waals surface area contributed by atoms with Gasteiger partial charge in [-0.05, 0) is 65.9 Å². The second kappa shape index (κ2) is 7.51. The Bertz CT molecular complexity index is 1020. The molecule has 0 saturated carbocycles. The van der Waals surface area contributed by atoms with Crippen molar-refractivity contribution < 1.29 is 18.0 Å². The quantitative estimate of drug-likeness (QED) is 0.464. The standard InChI is InChI=1S/C18H12ClF3IN3O/c1-10-8-26(9-24-10)16-5-3-12(7-13(16)18(20,21)22)25-17(27)11-2-4-14(19)15(23)6-11/h2-9H,1H3,(H,25,27). The maximum Gasteiger partial charge on any atom is 0.418 e. The molecule has 0 fully saturated rings. The van der Waals surface area contributed by atoms with Crippen LogP contribution in [0.4, 0.5) is 18.9 Å². The molecular weight excluding hydrogens is 494 g/mol. The van der Waals surface area contributed by atoms with Gasteiger partial charge in [0, 0.05) is 21.0 Å². The molecule has 0 saturated heterocycles. The van der Waals surface area contributed by atoms with Gasteiger partial charge in [0.2, 0.25) is 0 Å². The second-order valence-electron chi connectivity index (χ2n) is 5.74. The summed E-state index contributed by atoms with van der Waals surface area (Å²) in [6.07, 6.45) is -1.78. The number of nitrogens with zero attached hydrogens (tertiary/aromatic N) is 2. The smallest absolute Gasteiger partial charge is 0.322 e. The van der Waals surface area contributed by atoms with E-state index in [-0.39, 0.29) is 11.4 Å². The van der Waals surface area contributed by atoms with Crippen LogP contribution in [0.5, 0.6) is 0 Å². The molecule has 0 unspecified atom stereocenters. The third-order valence-corrected chi connectivity index (χ3v) is 5.27. The monoisotopic (exact) mass is 505 g/mol. The van der Waals surface area contributed by atoms with Crippen LogP contribution in [-0.4, -0.2) is 15.5 Å². The Morgan fingerprint density at radius 2 is 1.96 bits per heavy atom. The molecule has 0 aliphatic carbocycles. The van der Waals surface area contributed by atoms with Crippen molar-refractivity contribution in [2.75, 3.05) is 5.32 Å². The van der Waals surface area contributed by atoms with E-state index in [2.05, 4.69) is 10.3 Å². The van der Waals surface area contributed by atoms with E-state index in [1.165, 1.54) is 35.3 Å². The first-order chi connectivity index (χ1) is 12.6. The van der Waals surface area contributed by atoms with Crippen LogP contribution in [-0.2, 0) is 6.18 Å². The molecular formula is C18H12ClF3IN3O. The first-order valence-corrected chi connectivity index (χ1v) is 9.09.